The fourth-order valence-corrected chi connectivity index (χ4v) is 5.58. The van der Waals surface area contributed by atoms with Crippen LogP contribution in [-0.4, -0.2) is 53.2 Å². The summed E-state index contributed by atoms with van der Waals surface area (Å²) >= 11 is 0. The van der Waals surface area contributed by atoms with Gasteiger partial charge in [0.05, 0.1) is 27.4 Å². The summed E-state index contributed by atoms with van der Waals surface area (Å²) < 4.78 is 66.7. The number of nitrogen functional groups attached to an aromatic ring is 1. The Hall–Kier alpha value is -5.82. The number of carboxylic acids is 2. The Labute approximate surface area is 258 Å². The van der Waals surface area contributed by atoms with Gasteiger partial charge in [-0.2, -0.15) is 16.8 Å². The summed E-state index contributed by atoms with van der Waals surface area (Å²) in [6.45, 7) is 0. The van der Waals surface area contributed by atoms with Crippen molar-refractivity contribution in [1.82, 2.24) is 0 Å². The van der Waals surface area contributed by atoms with Crippen molar-refractivity contribution >= 4 is 82.2 Å². The molecule has 0 saturated carbocycles. The maximum atomic E-state index is 12.2. The fourth-order valence-electron chi connectivity index (χ4n) is 4.42. The molecule has 0 radical (unpaired) electrons. The normalized spacial score (nSPS) is 12.4. The minimum absolute atomic E-state index is 0.0128. The molecule has 5 aromatic rings. The molecule has 0 aliphatic rings. The van der Waals surface area contributed by atoms with Crippen LogP contribution in [0.15, 0.2) is 103 Å². The molecular formula is C28H19N5O11S2. The molecule has 0 amide bonds. The zero-order chi connectivity index (χ0) is 33.6. The Bertz CT molecular complexity index is 2410. The van der Waals surface area contributed by atoms with Gasteiger partial charge in [0.2, 0.25) is 0 Å². The summed E-state index contributed by atoms with van der Waals surface area (Å²) in [6.07, 6.45) is 0. The number of phenolic OH excluding ortho intramolecular Hbond substituents is 1. The SMILES string of the molecule is Nc1ccc2cc(S(=O)(=O)O)c(/N=N/c3ccc(/N=N/c4cc(S(=O)(=O)O)ccc4C(=O)O)c4cc(C(=O)O)ccc34)c(O)c2c1. The molecule has 0 unspecified atom stereocenters. The number of aromatic carboxylic acids is 2. The number of benzene rings is 5. The molecule has 16 nitrogen and oxygen atoms in total. The number of nitrogens with two attached hydrogens (primary N) is 1. The summed E-state index contributed by atoms with van der Waals surface area (Å²) in [5.74, 6) is -3.44. The van der Waals surface area contributed by atoms with E-state index in [2.05, 4.69) is 20.5 Å². The van der Waals surface area contributed by atoms with Crippen LogP contribution < -0.4 is 5.73 Å². The molecule has 0 aliphatic carbocycles. The number of carboxylic acid groups (broad SMARTS) is 2. The van der Waals surface area contributed by atoms with Gasteiger partial charge < -0.3 is 21.1 Å². The summed E-state index contributed by atoms with van der Waals surface area (Å²) in [6, 6.07) is 14.2. The molecule has 0 spiro atoms. The average Bonchev–Trinajstić information content (AvgIpc) is 2.98. The highest BCUT2D eigenvalue weighted by molar-refractivity contribution is 7.86. The molecule has 234 valence electrons. The molecule has 7 N–H and O–H groups in total. The first-order valence-electron chi connectivity index (χ1n) is 12.6. The Kier molecular flexibility index (Phi) is 7.97. The first kappa shape index (κ1) is 31.6. The number of fused-ring (bicyclic) bond motifs is 2. The van der Waals surface area contributed by atoms with E-state index in [-0.39, 0.29) is 44.2 Å². The van der Waals surface area contributed by atoms with Crippen LogP contribution in [-0.2, 0) is 20.2 Å². The lowest BCUT2D eigenvalue weighted by atomic mass is 10.0. The van der Waals surface area contributed by atoms with Gasteiger partial charge in [-0.05, 0) is 66.0 Å². The molecule has 46 heavy (non-hydrogen) atoms. The van der Waals surface area contributed by atoms with Gasteiger partial charge in [0.15, 0.2) is 5.75 Å². The van der Waals surface area contributed by atoms with E-state index in [4.69, 9.17) is 5.73 Å². The highest BCUT2D eigenvalue weighted by Gasteiger charge is 2.23. The number of hydrogen-bond donors (Lipinski definition) is 6. The van der Waals surface area contributed by atoms with Crippen LogP contribution >= 0.6 is 0 Å². The zero-order valence-electron chi connectivity index (χ0n) is 22.8. The van der Waals surface area contributed by atoms with Gasteiger partial charge >= 0.3 is 11.9 Å². The molecule has 0 aliphatic heterocycles. The van der Waals surface area contributed by atoms with Crippen molar-refractivity contribution in [3.8, 4) is 5.75 Å². The van der Waals surface area contributed by atoms with E-state index in [0.29, 0.717) is 0 Å². The third-order valence-corrected chi connectivity index (χ3v) is 8.31. The first-order chi connectivity index (χ1) is 21.5. The number of carbonyl (C=O) groups is 2. The standard InChI is InChI=1S/C28H19N5O11S2/c29-15-3-1-13-10-24(46(42,43)44)25(26(34)19(13)11-15)33-31-21-7-8-22(20-9-14(27(35)36)2-5-17(20)21)30-32-23-12-16(45(39,40)41)4-6-18(23)28(37)38/h1-12,34H,29H2,(H,35,36)(H,37,38)(H,39,40,41)(H,42,43,44)/b32-30+,33-31+. The molecule has 5 aromatic carbocycles. The van der Waals surface area contributed by atoms with Crippen molar-refractivity contribution in [2.75, 3.05) is 5.73 Å². The predicted octanol–water partition coefficient (Wildman–Crippen LogP) is 6.00. The second-order valence-corrected chi connectivity index (χ2v) is 12.4. The number of azo groups is 2. The molecule has 18 heteroatoms. The van der Waals surface area contributed by atoms with Gasteiger partial charge in [-0.25, -0.2) is 9.59 Å². The number of phenols is 1. The smallest absolute Gasteiger partial charge is 0.337 e. The number of rotatable bonds is 8. The van der Waals surface area contributed by atoms with Crippen LogP contribution in [0.1, 0.15) is 20.7 Å². The van der Waals surface area contributed by atoms with Crippen molar-refractivity contribution in [1.29, 1.82) is 0 Å². The highest BCUT2D eigenvalue weighted by atomic mass is 32.2. The molecular weight excluding hydrogens is 646 g/mol. The number of aromatic hydroxyl groups is 1. The van der Waals surface area contributed by atoms with E-state index in [1.54, 1.807) is 0 Å². The van der Waals surface area contributed by atoms with Crippen LogP contribution in [0.5, 0.6) is 5.75 Å². The number of anilines is 1. The Morgan fingerprint density at radius 3 is 1.91 bits per heavy atom. The van der Waals surface area contributed by atoms with E-state index in [1.807, 2.05) is 0 Å². The van der Waals surface area contributed by atoms with Crippen molar-refractivity contribution < 1.29 is 50.8 Å². The van der Waals surface area contributed by atoms with Crippen LogP contribution in [0.25, 0.3) is 21.5 Å². The number of hydrogen-bond acceptors (Lipinski definition) is 12. The van der Waals surface area contributed by atoms with Crippen LogP contribution in [0.3, 0.4) is 0 Å². The Morgan fingerprint density at radius 2 is 1.28 bits per heavy atom. The maximum absolute atomic E-state index is 12.2. The van der Waals surface area contributed by atoms with Gasteiger partial charge in [0, 0.05) is 21.8 Å². The van der Waals surface area contributed by atoms with Crippen molar-refractivity contribution in [2.45, 2.75) is 9.79 Å². The molecule has 0 fully saturated rings. The van der Waals surface area contributed by atoms with Gasteiger partial charge in [0.1, 0.15) is 16.3 Å². The third-order valence-electron chi connectivity index (χ3n) is 6.59. The maximum Gasteiger partial charge on any atom is 0.337 e. The zero-order valence-corrected chi connectivity index (χ0v) is 24.4. The highest BCUT2D eigenvalue weighted by Crippen LogP contribution is 2.43. The minimum atomic E-state index is -4.91. The van der Waals surface area contributed by atoms with E-state index in [9.17, 15) is 50.8 Å². The second-order valence-electron chi connectivity index (χ2n) is 9.56. The lowest BCUT2D eigenvalue weighted by Gasteiger charge is -2.10. The van der Waals surface area contributed by atoms with Crippen LogP contribution in [0.4, 0.5) is 28.4 Å². The second kappa shape index (κ2) is 11.6. The fraction of sp³-hybridized carbons (Fsp3) is 0. The lowest BCUT2D eigenvalue weighted by molar-refractivity contribution is 0.0686. The van der Waals surface area contributed by atoms with E-state index >= 15 is 0 Å². The van der Waals surface area contributed by atoms with Crippen LogP contribution in [0.2, 0.25) is 0 Å². The predicted molar refractivity (Wildman–Crippen MR) is 162 cm³/mol. The molecule has 0 heterocycles. The van der Waals surface area contributed by atoms with Crippen molar-refractivity contribution in [2.24, 2.45) is 20.5 Å². The molecule has 0 bridgehead atoms. The Balaban J connectivity index is 1.68. The molecule has 0 aromatic heterocycles. The van der Waals surface area contributed by atoms with E-state index in [0.717, 1.165) is 24.3 Å². The van der Waals surface area contributed by atoms with E-state index in [1.165, 1.54) is 48.5 Å². The van der Waals surface area contributed by atoms with Crippen molar-refractivity contribution in [3.05, 3.63) is 83.9 Å². The summed E-state index contributed by atoms with van der Waals surface area (Å²) in [5, 5.41) is 46.3. The quantitative estimate of drug-likeness (QED) is 0.0632. The van der Waals surface area contributed by atoms with E-state index < -0.39 is 64.7 Å². The molecule has 5 rings (SSSR count). The monoisotopic (exact) mass is 665 g/mol. The van der Waals surface area contributed by atoms with Crippen molar-refractivity contribution in [3.63, 3.8) is 0 Å². The summed E-state index contributed by atoms with van der Waals surface area (Å²) in [7, 11) is -9.64. The minimum Gasteiger partial charge on any atom is -0.505 e. The Morgan fingerprint density at radius 1 is 0.630 bits per heavy atom. The third kappa shape index (κ3) is 6.21. The van der Waals surface area contributed by atoms with Gasteiger partial charge in [-0.15, -0.1) is 20.5 Å². The molecule has 0 saturated heterocycles. The number of nitrogens with zero attached hydrogens (tertiary/aromatic N) is 4. The lowest BCUT2D eigenvalue weighted by Crippen LogP contribution is -2.01. The van der Waals surface area contributed by atoms with Gasteiger partial charge in [-0.3, -0.25) is 9.11 Å². The van der Waals surface area contributed by atoms with Gasteiger partial charge in [-0.1, -0.05) is 12.1 Å². The van der Waals surface area contributed by atoms with Crippen LogP contribution in [0, 0.1) is 0 Å². The molecule has 0 atom stereocenters. The van der Waals surface area contributed by atoms with Gasteiger partial charge in [0.25, 0.3) is 20.2 Å². The topological polar surface area (TPSA) is 279 Å². The largest absolute Gasteiger partial charge is 0.505 e. The summed E-state index contributed by atoms with van der Waals surface area (Å²) in [4.78, 5) is 22.0. The first-order valence-corrected chi connectivity index (χ1v) is 15.4. The average molecular weight is 666 g/mol. The summed E-state index contributed by atoms with van der Waals surface area (Å²) in [5.41, 5.74) is 4.31.